The van der Waals surface area contributed by atoms with Crippen molar-refractivity contribution in [1.29, 1.82) is 0 Å². The van der Waals surface area contributed by atoms with Gasteiger partial charge in [-0.25, -0.2) is 0 Å². The Bertz CT molecular complexity index is 785. The summed E-state index contributed by atoms with van der Waals surface area (Å²) in [6, 6.07) is 21.4. The molecule has 1 aliphatic carbocycles. The van der Waals surface area contributed by atoms with Crippen LogP contribution in [0.3, 0.4) is 0 Å². The van der Waals surface area contributed by atoms with E-state index in [9.17, 15) is 4.79 Å². The third-order valence-corrected chi connectivity index (χ3v) is 11.9. The summed E-state index contributed by atoms with van der Waals surface area (Å²) in [6.45, 7) is 11.9. The van der Waals surface area contributed by atoms with Gasteiger partial charge in [0, 0.05) is 6.61 Å². The number of ether oxygens (including phenoxy) is 1. The maximum atomic E-state index is 12.1. The molecule has 2 aromatic carbocycles. The fraction of sp³-hybridized carbons (Fsp3) is 0.480. The van der Waals surface area contributed by atoms with Gasteiger partial charge in [0.1, 0.15) is 0 Å². The fourth-order valence-corrected chi connectivity index (χ4v) is 9.43. The molecule has 2 aromatic rings. The van der Waals surface area contributed by atoms with E-state index in [2.05, 4.69) is 95.3 Å². The number of benzene rings is 2. The van der Waals surface area contributed by atoms with E-state index in [1.807, 2.05) is 0 Å². The van der Waals surface area contributed by atoms with E-state index in [4.69, 9.17) is 9.16 Å². The number of rotatable bonds is 6. The summed E-state index contributed by atoms with van der Waals surface area (Å²) in [7, 11) is -1.05. The molecule has 0 aromatic heterocycles. The molecule has 29 heavy (non-hydrogen) atoms. The van der Waals surface area contributed by atoms with E-state index in [0.717, 1.165) is 6.42 Å². The van der Waals surface area contributed by atoms with Crippen molar-refractivity contribution >= 4 is 24.7 Å². The second-order valence-electron chi connectivity index (χ2n) is 9.80. The summed E-state index contributed by atoms with van der Waals surface area (Å²) in [6.07, 6.45) is 0.831. The van der Waals surface area contributed by atoms with Gasteiger partial charge in [-0.3, -0.25) is 4.79 Å². The summed E-state index contributed by atoms with van der Waals surface area (Å²) in [4.78, 5) is 12.1. The lowest BCUT2D eigenvalue weighted by Gasteiger charge is -2.52. The normalized spacial score (nSPS) is 21.3. The minimum atomic E-state index is -2.53. The molecule has 0 bridgehead atoms. The van der Waals surface area contributed by atoms with Crippen molar-refractivity contribution in [2.24, 2.45) is 17.3 Å². The van der Waals surface area contributed by atoms with Gasteiger partial charge in [-0.2, -0.15) is 0 Å². The number of hydrogen-bond donors (Lipinski definition) is 0. The van der Waals surface area contributed by atoms with Gasteiger partial charge in [-0.05, 0) is 33.2 Å². The summed E-state index contributed by atoms with van der Waals surface area (Å²) in [5.41, 5.74) is -0.113. The van der Waals surface area contributed by atoms with Crippen molar-refractivity contribution in [2.75, 3.05) is 13.7 Å². The molecule has 1 fully saturated rings. The first kappa shape index (κ1) is 21.8. The molecule has 0 unspecified atom stereocenters. The first-order chi connectivity index (χ1) is 13.6. The molecular formula is C25H34O3Si. The molecule has 1 saturated carbocycles. The molecule has 4 heteroatoms. The Kier molecular flexibility index (Phi) is 6.07. The van der Waals surface area contributed by atoms with Crippen LogP contribution in [0.4, 0.5) is 0 Å². The van der Waals surface area contributed by atoms with Crippen LogP contribution in [-0.4, -0.2) is 28.0 Å². The van der Waals surface area contributed by atoms with Crippen LogP contribution in [0, 0.1) is 17.3 Å². The van der Waals surface area contributed by atoms with Gasteiger partial charge in [-0.15, -0.1) is 0 Å². The number of carbonyl (C=O) groups is 1. The third kappa shape index (κ3) is 3.80. The van der Waals surface area contributed by atoms with Crippen LogP contribution in [0.25, 0.3) is 0 Å². The molecule has 0 aliphatic heterocycles. The Hall–Kier alpha value is -1.91. The van der Waals surface area contributed by atoms with Crippen LogP contribution in [0.1, 0.15) is 41.0 Å². The van der Waals surface area contributed by atoms with Crippen molar-refractivity contribution in [1.82, 2.24) is 0 Å². The lowest BCUT2D eigenvalue weighted by molar-refractivity contribution is -0.164. The number of methoxy groups -OCH3 is 1. The highest BCUT2D eigenvalue weighted by Crippen LogP contribution is 2.52. The third-order valence-electron chi connectivity index (χ3n) is 6.87. The van der Waals surface area contributed by atoms with E-state index in [0.29, 0.717) is 12.5 Å². The lowest BCUT2D eigenvalue weighted by Crippen LogP contribution is -2.67. The highest BCUT2D eigenvalue weighted by molar-refractivity contribution is 6.99. The van der Waals surface area contributed by atoms with E-state index in [1.54, 1.807) is 0 Å². The molecule has 1 aliphatic rings. The Morgan fingerprint density at radius 1 is 1.00 bits per heavy atom. The molecule has 0 N–H and O–H groups in total. The standard InChI is InChI=1S/C25H34O3Si/c1-24(2,3)29(20-13-9-7-10-14-20,21-15-11-8-12-16-21)28-18-19-17-22(23(26)27-6)25(19,4)5/h7-16,19,22H,17-18H2,1-6H3/t19-,22+/m0/s1. The Labute approximate surface area is 176 Å². The van der Waals surface area contributed by atoms with Crippen molar-refractivity contribution in [3.63, 3.8) is 0 Å². The highest BCUT2D eigenvalue weighted by Gasteiger charge is 2.55. The SMILES string of the molecule is COC(=O)[C@H]1C[C@@H](CO[Si](c2ccccc2)(c2ccccc2)C(C)(C)C)C1(C)C. The van der Waals surface area contributed by atoms with Crippen LogP contribution >= 0.6 is 0 Å². The average molecular weight is 411 g/mol. The van der Waals surface area contributed by atoms with E-state index >= 15 is 0 Å². The molecule has 2 atom stereocenters. The van der Waals surface area contributed by atoms with E-state index in [-0.39, 0.29) is 22.3 Å². The van der Waals surface area contributed by atoms with Crippen LogP contribution in [-0.2, 0) is 14.0 Å². The Morgan fingerprint density at radius 3 is 1.86 bits per heavy atom. The van der Waals surface area contributed by atoms with Gasteiger partial charge in [-0.1, -0.05) is 95.3 Å². The zero-order chi connectivity index (χ0) is 21.3. The minimum Gasteiger partial charge on any atom is -0.469 e. The average Bonchev–Trinajstić information content (AvgIpc) is 2.70. The maximum absolute atomic E-state index is 12.1. The topological polar surface area (TPSA) is 35.5 Å². The van der Waals surface area contributed by atoms with Gasteiger partial charge in [0.05, 0.1) is 13.0 Å². The molecule has 3 nitrogen and oxygen atoms in total. The number of esters is 1. The van der Waals surface area contributed by atoms with Crippen molar-refractivity contribution in [3.05, 3.63) is 60.7 Å². The number of hydrogen-bond acceptors (Lipinski definition) is 3. The summed E-state index contributed by atoms with van der Waals surface area (Å²) in [5, 5.41) is 2.55. The smallest absolute Gasteiger partial charge is 0.309 e. The van der Waals surface area contributed by atoms with E-state index < -0.39 is 8.32 Å². The second kappa shape index (κ2) is 8.08. The van der Waals surface area contributed by atoms with Crippen LogP contribution in [0.5, 0.6) is 0 Å². The highest BCUT2D eigenvalue weighted by atomic mass is 28.4. The summed E-state index contributed by atoms with van der Waals surface area (Å²) in [5.74, 6) is 0.199. The predicted molar refractivity (Wildman–Crippen MR) is 121 cm³/mol. The zero-order valence-corrected chi connectivity index (χ0v) is 19.6. The van der Waals surface area contributed by atoms with Gasteiger partial charge in [0.2, 0.25) is 0 Å². The van der Waals surface area contributed by atoms with Crippen LogP contribution < -0.4 is 10.4 Å². The lowest BCUT2D eigenvalue weighted by atomic mass is 9.55. The maximum Gasteiger partial charge on any atom is 0.309 e. The van der Waals surface area contributed by atoms with Crippen LogP contribution in [0.15, 0.2) is 60.7 Å². The second-order valence-corrected chi connectivity index (χ2v) is 14.1. The summed E-state index contributed by atoms with van der Waals surface area (Å²) < 4.78 is 12.1. The van der Waals surface area contributed by atoms with Crippen LogP contribution in [0.2, 0.25) is 5.04 Å². The van der Waals surface area contributed by atoms with Gasteiger partial charge < -0.3 is 9.16 Å². The van der Waals surface area contributed by atoms with Crippen molar-refractivity contribution in [3.8, 4) is 0 Å². The molecular weight excluding hydrogens is 376 g/mol. The largest absolute Gasteiger partial charge is 0.469 e. The molecule has 0 heterocycles. The predicted octanol–water partition coefficient (Wildman–Crippen LogP) is 4.40. The van der Waals surface area contributed by atoms with E-state index in [1.165, 1.54) is 17.5 Å². The molecule has 0 radical (unpaired) electrons. The first-order valence-corrected chi connectivity index (χ1v) is 12.4. The molecule has 156 valence electrons. The molecule has 0 amide bonds. The van der Waals surface area contributed by atoms with Gasteiger partial charge >= 0.3 is 5.97 Å². The monoisotopic (exact) mass is 410 g/mol. The first-order valence-electron chi connectivity index (χ1n) is 10.5. The molecule has 0 spiro atoms. The van der Waals surface area contributed by atoms with Crippen molar-refractivity contribution in [2.45, 2.75) is 46.1 Å². The fourth-order valence-electron chi connectivity index (χ4n) is 4.83. The van der Waals surface area contributed by atoms with Crippen molar-refractivity contribution < 1.29 is 14.0 Å². The minimum absolute atomic E-state index is 0.0364. The zero-order valence-electron chi connectivity index (χ0n) is 18.6. The molecule has 3 rings (SSSR count). The Balaban J connectivity index is 1.96. The quantitative estimate of drug-likeness (QED) is 0.523. The summed E-state index contributed by atoms with van der Waals surface area (Å²) >= 11 is 0. The molecule has 0 saturated heterocycles. The van der Waals surface area contributed by atoms with Gasteiger partial charge in [0.15, 0.2) is 0 Å². The number of carbonyl (C=O) groups excluding carboxylic acids is 1. The van der Waals surface area contributed by atoms with Gasteiger partial charge in [0.25, 0.3) is 8.32 Å². The Morgan fingerprint density at radius 2 is 1.48 bits per heavy atom.